The van der Waals surface area contributed by atoms with Crippen LogP contribution >= 0.6 is 11.8 Å². The lowest BCUT2D eigenvalue weighted by atomic mass is 10.1. The Labute approximate surface area is 119 Å². The lowest BCUT2D eigenvalue weighted by Gasteiger charge is -2.10. The Bertz CT molecular complexity index is 435. The Kier molecular flexibility index (Phi) is 6.15. The fourth-order valence-electron chi connectivity index (χ4n) is 1.38. The zero-order valence-corrected chi connectivity index (χ0v) is 11.6. The molecule has 4 N–H and O–H groups in total. The molecule has 0 aromatic heterocycles. The summed E-state index contributed by atoms with van der Waals surface area (Å²) in [5.41, 5.74) is 2.90. The number of nitrogens with two attached hydrogens (primary N) is 1. The van der Waals surface area contributed by atoms with Crippen molar-refractivity contribution in [1.29, 1.82) is 0 Å². The Morgan fingerprint density at radius 2 is 1.95 bits per heavy atom. The average molecular weight is 307 g/mol. The number of nitrogens with one attached hydrogen (secondary N) is 2. The maximum absolute atomic E-state index is 11.9. The summed E-state index contributed by atoms with van der Waals surface area (Å²) in [7, 11) is 0. The standard InChI is InChI=1S/C12H16F3N3OS/c1-8(16)9-2-4-10(5-3-9)18-11(19)17-6-7-20-12(13,14)15/h2-5,8H,6-7,16H2,1H3,(H2,17,18,19). The molecule has 0 saturated heterocycles. The van der Waals surface area contributed by atoms with Gasteiger partial charge in [-0.2, -0.15) is 13.2 Å². The number of thioether (sulfide) groups is 1. The van der Waals surface area contributed by atoms with E-state index in [0.717, 1.165) is 5.56 Å². The summed E-state index contributed by atoms with van der Waals surface area (Å²) >= 11 is -0.169. The Hall–Kier alpha value is -1.41. The van der Waals surface area contributed by atoms with Crippen molar-refractivity contribution in [3.05, 3.63) is 29.8 Å². The highest BCUT2D eigenvalue weighted by atomic mass is 32.2. The van der Waals surface area contributed by atoms with E-state index in [1.807, 2.05) is 6.92 Å². The van der Waals surface area contributed by atoms with Crippen molar-refractivity contribution >= 4 is 23.5 Å². The number of carbonyl (C=O) groups is 1. The van der Waals surface area contributed by atoms with Crippen LogP contribution in [0.1, 0.15) is 18.5 Å². The topological polar surface area (TPSA) is 67.1 Å². The molecule has 0 spiro atoms. The van der Waals surface area contributed by atoms with Crippen LogP contribution in [0.15, 0.2) is 24.3 Å². The summed E-state index contributed by atoms with van der Waals surface area (Å²) in [4.78, 5) is 11.4. The van der Waals surface area contributed by atoms with Gasteiger partial charge in [0.1, 0.15) is 0 Å². The van der Waals surface area contributed by atoms with Gasteiger partial charge in [-0.3, -0.25) is 0 Å². The van der Waals surface area contributed by atoms with Crippen LogP contribution in [0.2, 0.25) is 0 Å². The third kappa shape index (κ3) is 6.67. The summed E-state index contributed by atoms with van der Waals surface area (Å²) in [6.07, 6.45) is 0. The van der Waals surface area contributed by atoms with Gasteiger partial charge in [-0.05, 0) is 36.4 Å². The van der Waals surface area contributed by atoms with E-state index >= 15 is 0 Å². The molecule has 0 radical (unpaired) electrons. The van der Waals surface area contributed by atoms with Gasteiger partial charge in [-0.25, -0.2) is 4.79 Å². The van der Waals surface area contributed by atoms with Gasteiger partial charge in [0.25, 0.3) is 0 Å². The first-order valence-corrected chi connectivity index (χ1v) is 6.87. The molecular weight excluding hydrogens is 291 g/mol. The molecule has 20 heavy (non-hydrogen) atoms. The molecule has 0 fully saturated rings. The van der Waals surface area contributed by atoms with E-state index in [9.17, 15) is 18.0 Å². The highest BCUT2D eigenvalue weighted by Crippen LogP contribution is 2.29. The smallest absolute Gasteiger partial charge is 0.337 e. The van der Waals surface area contributed by atoms with Crippen molar-refractivity contribution in [3.8, 4) is 0 Å². The number of alkyl halides is 3. The molecule has 1 aromatic rings. The first-order chi connectivity index (χ1) is 9.28. The summed E-state index contributed by atoms with van der Waals surface area (Å²) in [6, 6.07) is 6.28. The molecule has 0 aliphatic heterocycles. The minimum Gasteiger partial charge on any atom is -0.337 e. The number of hydrogen-bond donors (Lipinski definition) is 3. The molecular formula is C12H16F3N3OS. The third-order valence-corrected chi connectivity index (χ3v) is 3.08. The molecule has 1 aromatic carbocycles. The monoisotopic (exact) mass is 307 g/mol. The van der Waals surface area contributed by atoms with Gasteiger partial charge in [0.2, 0.25) is 0 Å². The van der Waals surface area contributed by atoms with E-state index in [1.165, 1.54) is 0 Å². The number of benzene rings is 1. The molecule has 1 rings (SSSR count). The number of hydrogen-bond acceptors (Lipinski definition) is 3. The van der Waals surface area contributed by atoms with Crippen LogP contribution in [0.4, 0.5) is 23.7 Å². The fraction of sp³-hybridized carbons (Fsp3) is 0.417. The first kappa shape index (κ1) is 16.6. The summed E-state index contributed by atoms with van der Waals surface area (Å²) in [5, 5.41) is 4.87. The normalized spacial score (nSPS) is 12.8. The van der Waals surface area contributed by atoms with Crippen molar-refractivity contribution in [1.82, 2.24) is 5.32 Å². The highest BCUT2D eigenvalue weighted by molar-refractivity contribution is 8.00. The maximum atomic E-state index is 11.9. The predicted octanol–water partition coefficient (Wildman–Crippen LogP) is 3.08. The maximum Gasteiger partial charge on any atom is 0.441 e. The summed E-state index contributed by atoms with van der Waals surface area (Å²) in [5.74, 6) is -0.222. The second-order valence-corrected chi connectivity index (χ2v) is 5.25. The number of urea groups is 1. The predicted molar refractivity (Wildman–Crippen MR) is 74.6 cm³/mol. The van der Waals surface area contributed by atoms with Crippen LogP contribution in [0.3, 0.4) is 0 Å². The molecule has 0 heterocycles. The van der Waals surface area contributed by atoms with Gasteiger partial charge in [0.05, 0.1) is 0 Å². The van der Waals surface area contributed by atoms with Crippen molar-refractivity contribution in [2.45, 2.75) is 18.5 Å². The molecule has 1 unspecified atom stereocenters. The number of amides is 2. The molecule has 4 nitrogen and oxygen atoms in total. The van der Waals surface area contributed by atoms with Gasteiger partial charge in [-0.15, -0.1) is 0 Å². The fourth-order valence-corrected chi connectivity index (χ4v) is 1.81. The van der Waals surface area contributed by atoms with Gasteiger partial charge < -0.3 is 16.4 Å². The quantitative estimate of drug-likeness (QED) is 0.732. The molecule has 0 saturated carbocycles. The van der Waals surface area contributed by atoms with Gasteiger partial charge in [0.15, 0.2) is 0 Å². The second kappa shape index (κ2) is 7.39. The third-order valence-electron chi connectivity index (χ3n) is 2.35. The number of halogens is 3. The van der Waals surface area contributed by atoms with Crippen molar-refractivity contribution in [2.24, 2.45) is 5.73 Å². The second-order valence-electron chi connectivity index (χ2n) is 4.09. The van der Waals surface area contributed by atoms with E-state index in [-0.39, 0.29) is 30.1 Å². The zero-order valence-electron chi connectivity index (χ0n) is 10.8. The lowest BCUT2D eigenvalue weighted by Crippen LogP contribution is -2.31. The number of anilines is 1. The van der Waals surface area contributed by atoms with Crippen LogP contribution in [0, 0.1) is 0 Å². The SMILES string of the molecule is CC(N)c1ccc(NC(=O)NCCSC(F)(F)F)cc1. The molecule has 1 atom stereocenters. The van der Waals surface area contributed by atoms with E-state index < -0.39 is 11.5 Å². The molecule has 0 aliphatic carbocycles. The minimum atomic E-state index is -4.27. The number of rotatable bonds is 5. The average Bonchev–Trinajstić information content (AvgIpc) is 2.34. The molecule has 0 aliphatic rings. The highest BCUT2D eigenvalue weighted by Gasteiger charge is 2.27. The van der Waals surface area contributed by atoms with Crippen molar-refractivity contribution in [3.63, 3.8) is 0 Å². The Morgan fingerprint density at radius 1 is 1.35 bits per heavy atom. The van der Waals surface area contributed by atoms with E-state index in [4.69, 9.17) is 5.73 Å². The van der Waals surface area contributed by atoms with Crippen LogP contribution in [0.25, 0.3) is 0 Å². The van der Waals surface area contributed by atoms with E-state index in [0.29, 0.717) is 5.69 Å². The van der Waals surface area contributed by atoms with E-state index in [1.54, 1.807) is 24.3 Å². The molecule has 2 amide bonds. The summed E-state index contributed by atoms with van der Waals surface area (Å²) < 4.78 is 35.6. The number of carbonyl (C=O) groups excluding carboxylic acids is 1. The van der Waals surface area contributed by atoms with Crippen molar-refractivity contribution < 1.29 is 18.0 Å². The Morgan fingerprint density at radius 3 is 2.45 bits per heavy atom. The van der Waals surface area contributed by atoms with Crippen molar-refractivity contribution in [2.75, 3.05) is 17.6 Å². The summed E-state index contributed by atoms with van der Waals surface area (Å²) in [6.45, 7) is 1.78. The molecule has 112 valence electrons. The van der Waals surface area contributed by atoms with Gasteiger partial charge >= 0.3 is 11.5 Å². The zero-order chi connectivity index (χ0) is 15.2. The van der Waals surface area contributed by atoms with E-state index in [2.05, 4.69) is 10.6 Å². The Balaban J connectivity index is 2.32. The molecule has 8 heteroatoms. The first-order valence-electron chi connectivity index (χ1n) is 5.89. The largest absolute Gasteiger partial charge is 0.441 e. The van der Waals surface area contributed by atoms with Crippen LogP contribution in [-0.2, 0) is 0 Å². The van der Waals surface area contributed by atoms with Crippen LogP contribution < -0.4 is 16.4 Å². The lowest BCUT2D eigenvalue weighted by molar-refractivity contribution is -0.0327. The molecule has 0 bridgehead atoms. The van der Waals surface area contributed by atoms with Crippen LogP contribution in [0.5, 0.6) is 0 Å². The van der Waals surface area contributed by atoms with Crippen LogP contribution in [-0.4, -0.2) is 23.8 Å². The van der Waals surface area contributed by atoms with Gasteiger partial charge in [-0.1, -0.05) is 12.1 Å². The minimum absolute atomic E-state index is 0.0616. The van der Waals surface area contributed by atoms with Gasteiger partial charge in [0, 0.05) is 24.0 Å².